The average molecular weight is 287 g/mol. The summed E-state index contributed by atoms with van der Waals surface area (Å²) in [5.74, 6) is 0.164. The van der Waals surface area contributed by atoms with Crippen LogP contribution in [0.25, 0.3) is 0 Å². The molecule has 0 saturated carbocycles. The molecule has 1 N–H and O–H groups in total. The van der Waals surface area contributed by atoms with E-state index in [0.717, 1.165) is 5.56 Å². The van der Waals surface area contributed by atoms with E-state index in [0.29, 0.717) is 35.4 Å². The topological polar surface area (TPSA) is 59.3 Å². The zero-order valence-electron chi connectivity index (χ0n) is 11.0. The third kappa shape index (κ3) is 2.20. The standard InChI is InChI=1S/C15H13NO3S/c1-8-5-12-14(15(18)16-8)11(7-13(17)19-12)6-10-3-4-20-9(10)2/h3-4,7H,1,5-6H2,2H3,(H,16,18). The summed E-state index contributed by atoms with van der Waals surface area (Å²) in [6.45, 7) is 5.75. The molecule has 1 amide bonds. The monoisotopic (exact) mass is 287 g/mol. The molecule has 0 fully saturated rings. The smallest absolute Gasteiger partial charge is 0.336 e. The summed E-state index contributed by atoms with van der Waals surface area (Å²) in [7, 11) is 0. The quantitative estimate of drug-likeness (QED) is 0.922. The summed E-state index contributed by atoms with van der Waals surface area (Å²) in [4.78, 5) is 25.0. The fourth-order valence-corrected chi connectivity index (χ4v) is 3.12. The summed E-state index contributed by atoms with van der Waals surface area (Å²) in [6, 6.07) is 3.42. The fraction of sp³-hybridized carbons (Fsp3) is 0.200. The lowest BCUT2D eigenvalue weighted by molar-refractivity contribution is 0.0952. The molecule has 0 radical (unpaired) electrons. The number of nitrogens with one attached hydrogen (secondary N) is 1. The van der Waals surface area contributed by atoms with Gasteiger partial charge in [0.05, 0.1) is 5.56 Å². The van der Waals surface area contributed by atoms with Crippen molar-refractivity contribution in [3.63, 3.8) is 0 Å². The average Bonchev–Trinajstić information content (AvgIpc) is 2.73. The summed E-state index contributed by atoms with van der Waals surface area (Å²) < 4.78 is 5.16. The molecule has 3 heterocycles. The van der Waals surface area contributed by atoms with Crippen LogP contribution in [0.5, 0.6) is 0 Å². The largest absolute Gasteiger partial charge is 0.427 e. The zero-order valence-corrected chi connectivity index (χ0v) is 11.8. The van der Waals surface area contributed by atoms with E-state index in [-0.39, 0.29) is 5.91 Å². The lowest BCUT2D eigenvalue weighted by atomic mass is 9.96. The van der Waals surface area contributed by atoms with Crippen molar-refractivity contribution in [2.45, 2.75) is 19.8 Å². The normalized spacial score (nSPS) is 14.1. The van der Waals surface area contributed by atoms with Crippen LogP contribution < -0.4 is 10.9 Å². The Bertz CT molecular complexity index is 770. The predicted octanol–water partition coefficient (Wildman–Crippen LogP) is 2.40. The molecule has 102 valence electrons. The summed E-state index contributed by atoms with van der Waals surface area (Å²) in [6.07, 6.45) is 0.927. The minimum absolute atomic E-state index is 0.247. The first-order chi connectivity index (χ1) is 9.54. The number of hydrogen-bond donors (Lipinski definition) is 1. The van der Waals surface area contributed by atoms with Crippen LogP contribution in [0.2, 0.25) is 0 Å². The molecule has 0 atom stereocenters. The van der Waals surface area contributed by atoms with Gasteiger partial charge in [-0.1, -0.05) is 6.58 Å². The lowest BCUT2D eigenvalue weighted by Gasteiger charge is -2.19. The Hall–Kier alpha value is -2.14. The highest BCUT2D eigenvalue weighted by Crippen LogP contribution is 2.24. The van der Waals surface area contributed by atoms with Gasteiger partial charge in [0.15, 0.2) is 0 Å². The summed E-state index contributed by atoms with van der Waals surface area (Å²) in [5.41, 5.74) is 2.44. The van der Waals surface area contributed by atoms with E-state index in [9.17, 15) is 9.59 Å². The van der Waals surface area contributed by atoms with Gasteiger partial charge in [0.25, 0.3) is 5.91 Å². The van der Waals surface area contributed by atoms with Crippen LogP contribution >= 0.6 is 11.3 Å². The Morgan fingerprint density at radius 3 is 2.90 bits per heavy atom. The molecule has 1 aliphatic rings. The van der Waals surface area contributed by atoms with Crippen molar-refractivity contribution in [3.05, 3.63) is 67.5 Å². The van der Waals surface area contributed by atoms with Crippen LogP contribution in [-0.4, -0.2) is 5.91 Å². The van der Waals surface area contributed by atoms with E-state index in [1.54, 1.807) is 11.3 Å². The van der Waals surface area contributed by atoms with Crippen molar-refractivity contribution in [1.29, 1.82) is 0 Å². The molecule has 0 aliphatic carbocycles. The second-order valence-corrected chi connectivity index (χ2v) is 5.92. The number of rotatable bonds is 2. The molecule has 0 spiro atoms. The fourth-order valence-electron chi connectivity index (χ4n) is 2.39. The van der Waals surface area contributed by atoms with Gasteiger partial charge in [0, 0.05) is 23.1 Å². The highest BCUT2D eigenvalue weighted by Gasteiger charge is 2.25. The van der Waals surface area contributed by atoms with E-state index >= 15 is 0 Å². The van der Waals surface area contributed by atoms with Crippen molar-refractivity contribution in [1.82, 2.24) is 5.32 Å². The van der Waals surface area contributed by atoms with Crippen molar-refractivity contribution in [3.8, 4) is 0 Å². The molecule has 0 unspecified atom stereocenters. The number of fused-ring (bicyclic) bond motifs is 1. The van der Waals surface area contributed by atoms with Gasteiger partial charge >= 0.3 is 5.63 Å². The van der Waals surface area contributed by atoms with Gasteiger partial charge in [-0.15, -0.1) is 11.3 Å². The highest BCUT2D eigenvalue weighted by atomic mass is 32.1. The Balaban J connectivity index is 2.12. The van der Waals surface area contributed by atoms with Gasteiger partial charge in [-0.2, -0.15) is 0 Å². The van der Waals surface area contributed by atoms with E-state index in [2.05, 4.69) is 11.9 Å². The van der Waals surface area contributed by atoms with E-state index < -0.39 is 5.63 Å². The number of amides is 1. The summed E-state index contributed by atoms with van der Waals surface area (Å²) >= 11 is 1.65. The molecule has 2 aromatic rings. The number of hydrogen-bond acceptors (Lipinski definition) is 4. The summed E-state index contributed by atoms with van der Waals surface area (Å²) in [5, 5.41) is 4.70. The maximum absolute atomic E-state index is 12.1. The SMILES string of the molecule is C=C1Cc2oc(=O)cc(Cc3ccsc3C)c2C(=O)N1. The molecular formula is C15H13NO3S. The minimum Gasteiger partial charge on any atom is -0.427 e. The first-order valence-corrected chi connectivity index (χ1v) is 7.10. The lowest BCUT2D eigenvalue weighted by Crippen LogP contribution is -2.32. The third-order valence-corrected chi connectivity index (χ3v) is 4.24. The molecule has 0 aromatic carbocycles. The molecule has 5 heteroatoms. The zero-order chi connectivity index (χ0) is 14.3. The molecule has 3 rings (SSSR count). The molecule has 2 aromatic heterocycles. The molecular weight excluding hydrogens is 274 g/mol. The first-order valence-electron chi connectivity index (χ1n) is 6.22. The van der Waals surface area contributed by atoms with Gasteiger partial charge < -0.3 is 9.73 Å². The minimum atomic E-state index is -0.422. The Labute approximate surface area is 119 Å². The Kier molecular flexibility index (Phi) is 3.06. The Morgan fingerprint density at radius 2 is 2.20 bits per heavy atom. The van der Waals surface area contributed by atoms with Crippen LogP contribution in [0.4, 0.5) is 0 Å². The van der Waals surface area contributed by atoms with Crippen molar-refractivity contribution >= 4 is 17.2 Å². The van der Waals surface area contributed by atoms with Crippen LogP contribution in [-0.2, 0) is 12.8 Å². The van der Waals surface area contributed by atoms with Crippen LogP contribution in [0.15, 0.2) is 39.0 Å². The maximum Gasteiger partial charge on any atom is 0.336 e. The number of aryl methyl sites for hydroxylation is 1. The first kappa shape index (κ1) is 12.9. The third-order valence-electron chi connectivity index (χ3n) is 3.35. The number of allylic oxidation sites excluding steroid dienone is 1. The molecule has 4 nitrogen and oxygen atoms in total. The van der Waals surface area contributed by atoms with Gasteiger partial charge in [-0.3, -0.25) is 4.79 Å². The maximum atomic E-state index is 12.1. The second-order valence-electron chi connectivity index (χ2n) is 4.80. The van der Waals surface area contributed by atoms with Gasteiger partial charge in [0.2, 0.25) is 0 Å². The van der Waals surface area contributed by atoms with E-state index in [4.69, 9.17) is 4.42 Å². The van der Waals surface area contributed by atoms with E-state index in [1.165, 1.54) is 10.9 Å². The molecule has 1 aliphatic heterocycles. The number of thiophene rings is 1. The van der Waals surface area contributed by atoms with Gasteiger partial charge in [-0.05, 0) is 35.9 Å². The predicted molar refractivity (Wildman–Crippen MR) is 77.2 cm³/mol. The van der Waals surface area contributed by atoms with Crippen molar-refractivity contribution in [2.75, 3.05) is 0 Å². The number of carbonyl (C=O) groups is 1. The van der Waals surface area contributed by atoms with Gasteiger partial charge in [0.1, 0.15) is 5.76 Å². The molecule has 0 bridgehead atoms. The molecule has 0 saturated heterocycles. The van der Waals surface area contributed by atoms with Crippen LogP contribution in [0, 0.1) is 6.92 Å². The van der Waals surface area contributed by atoms with E-state index in [1.807, 2.05) is 18.4 Å². The van der Waals surface area contributed by atoms with Crippen LogP contribution in [0.3, 0.4) is 0 Å². The number of carbonyl (C=O) groups excluding carboxylic acids is 1. The molecule has 20 heavy (non-hydrogen) atoms. The van der Waals surface area contributed by atoms with Crippen molar-refractivity contribution in [2.24, 2.45) is 0 Å². The Morgan fingerprint density at radius 1 is 1.40 bits per heavy atom. The second kappa shape index (κ2) is 4.76. The van der Waals surface area contributed by atoms with Gasteiger partial charge in [-0.25, -0.2) is 4.79 Å². The van der Waals surface area contributed by atoms with Crippen molar-refractivity contribution < 1.29 is 9.21 Å². The highest BCUT2D eigenvalue weighted by molar-refractivity contribution is 7.10. The van der Waals surface area contributed by atoms with Crippen LogP contribution in [0.1, 0.15) is 32.1 Å².